The van der Waals surface area contributed by atoms with Crippen LogP contribution in [0.4, 0.5) is 0 Å². The predicted molar refractivity (Wildman–Crippen MR) is 229 cm³/mol. The number of ether oxygens (including phenoxy) is 4. The van der Waals surface area contributed by atoms with Crippen LogP contribution < -0.4 is 9.47 Å². The van der Waals surface area contributed by atoms with E-state index in [1.165, 1.54) is 33.4 Å². The fourth-order valence-electron chi connectivity index (χ4n) is 7.70. The standard InChI is InChI=1S/C26H29NO2.C25H27NO2/c1-26(2)20-27(17-21-9-5-3-6-10-21)18-25(29-26)23-13-15-24(16-14-23)28-19-22-11-7-4-8-12-22;1-25(20-26(16-17-28-25)18-21-8-4-2-5-9-21)23-12-14-24(15-13-23)27-19-22-10-6-3-7-11-22/h3-16,25H,17-20H2,1-2H3;2-15H,16-20H2,1H3. The van der Waals surface area contributed by atoms with E-state index in [2.05, 4.69) is 140 Å². The van der Waals surface area contributed by atoms with Gasteiger partial charge in [0.15, 0.2) is 0 Å². The SMILES string of the molecule is CC1(C)CN(Cc2ccccc2)CC(c2ccc(OCc3ccccc3)cc2)O1.CC1(c2ccc(OCc3ccccc3)cc2)CN(Cc2ccccc2)CCO1. The molecule has 2 saturated heterocycles. The number of morpholine rings is 2. The van der Waals surface area contributed by atoms with E-state index in [-0.39, 0.29) is 17.3 Å². The first-order valence-electron chi connectivity index (χ1n) is 20.2. The molecule has 57 heavy (non-hydrogen) atoms. The van der Waals surface area contributed by atoms with Gasteiger partial charge in [-0.3, -0.25) is 9.80 Å². The monoisotopic (exact) mass is 760 g/mol. The van der Waals surface area contributed by atoms with E-state index in [0.29, 0.717) is 13.2 Å². The Labute approximate surface area is 339 Å². The van der Waals surface area contributed by atoms with Crippen molar-refractivity contribution in [2.75, 3.05) is 32.8 Å². The average molecular weight is 761 g/mol. The molecule has 2 heterocycles. The van der Waals surface area contributed by atoms with Crippen LogP contribution in [0.5, 0.6) is 11.5 Å². The van der Waals surface area contributed by atoms with Crippen molar-refractivity contribution >= 4 is 0 Å². The minimum absolute atomic E-state index is 0.0608. The van der Waals surface area contributed by atoms with Gasteiger partial charge in [-0.1, -0.05) is 146 Å². The van der Waals surface area contributed by atoms with Crippen LogP contribution in [0.3, 0.4) is 0 Å². The molecule has 2 unspecified atom stereocenters. The van der Waals surface area contributed by atoms with E-state index in [1.54, 1.807) is 0 Å². The fourth-order valence-corrected chi connectivity index (χ4v) is 7.70. The van der Waals surface area contributed by atoms with Gasteiger partial charge in [-0.15, -0.1) is 0 Å². The van der Waals surface area contributed by atoms with Gasteiger partial charge in [0.25, 0.3) is 0 Å². The van der Waals surface area contributed by atoms with Crippen molar-refractivity contribution < 1.29 is 18.9 Å². The second-order valence-corrected chi connectivity index (χ2v) is 15.9. The van der Waals surface area contributed by atoms with Gasteiger partial charge in [0, 0.05) is 39.3 Å². The van der Waals surface area contributed by atoms with Crippen LogP contribution in [-0.2, 0) is 41.4 Å². The zero-order chi connectivity index (χ0) is 39.3. The van der Waals surface area contributed by atoms with Crippen LogP contribution in [0.25, 0.3) is 0 Å². The zero-order valence-corrected chi connectivity index (χ0v) is 33.6. The molecule has 8 rings (SSSR count). The Morgan fingerprint density at radius 3 is 1.49 bits per heavy atom. The molecule has 6 nitrogen and oxygen atoms in total. The van der Waals surface area contributed by atoms with E-state index in [0.717, 1.165) is 57.4 Å². The molecule has 0 radical (unpaired) electrons. The van der Waals surface area contributed by atoms with Gasteiger partial charge < -0.3 is 18.9 Å². The third-order valence-corrected chi connectivity index (χ3v) is 10.6. The van der Waals surface area contributed by atoms with E-state index >= 15 is 0 Å². The van der Waals surface area contributed by atoms with Crippen LogP contribution in [0.2, 0.25) is 0 Å². The minimum atomic E-state index is -0.301. The normalized spacial score (nSPS) is 19.5. The molecule has 294 valence electrons. The second kappa shape index (κ2) is 19.3. The lowest BCUT2D eigenvalue weighted by molar-refractivity contribution is -0.140. The van der Waals surface area contributed by atoms with Crippen LogP contribution in [0, 0.1) is 0 Å². The summed E-state index contributed by atoms with van der Waals surface area (Å²) in [6.45, 7) is 14.0. The molecule has 0 spiro atoms. The molecule has 0 aliphatic carbocycles. The molecule has 0 bridgehead atoms. The van der Waals surface area contributed by atoms with Crippen molar-refractivity contribution in [3.05, 3.63) is 203 Å². The number of hydrogen-bond donors (Lipinski definition) is 0. The molecule has 6 aromatic carbocycles. The van der Waals surface area contributed by atoms with Crippen molar-refractivity contribution in [1.29, 1.82) is 0 Å². The van der Waals surface area contributed by atoms with Crippen molar-refractivity contribution in [3.8, 4) is 11.5 Å². The van der Waals surface area contributed by atoms with Crippen molar-refractivity contribution in [3.63, 3.8) is 0 Å². The molecule has 0 saturated carbocycles. The van der Waals surface area contributed by atoms with Gasteiger partial charge >= 0.3 is 0 Å². The van der Waals surface area contributed by atoms with Crippen molar-refractivity contribution in [1.82, 2.24) is 9.80 Å². The highest BCUT2D eigenvalue weighted by atomic mass is 16.5. The van der Waals surface area contributed by atoms with Crippen LogP contribution in [-0.4, -0.2) is 48.2 Å². The van der Waals surface area contributed by atoms with Gasteiger partial charge in [0.2, 0.25) is 0 Å². The van der Waals surface area contributed by atoms with Gasteiger partial charge in [-0.2, -0.15) is 0 Å². The van der Waals surface area contributed by atoms with Gasteiger partial charge in [-0.25, -0.2) is 0 Å². The van der Waals surface area contributed by atoms with E-state index in [4.69, 9.17) is 18.9 Å². The van der Waals surface area contributed by atoms with Crippen LogP contribution in [0.1, 0.15) is 60.3 Å². The average Bonchev–Trinajstić information content (AvgIpc) is 3.24. The lowest BCUT2D eigenvalue weighted by Crippen LogP contribution is -2.49. The Bertz CT molecular complexity index is 2060. The summed E-state index contributed by atoms with van der Waals surface area (Å²) in [6, 6.07) is 58.5. The summed E-state index contributed by atoms with van der Waals surface area (Å²) < 4.78 is 24.5. The Morgan fingerprint density at radius 1 is 0.526 bits per heavy atom. The third-order valence-electron chi connectivity index (χ3n) is 10.6. The smallest absolute Gasteiger partial charge is 0.119 e. The quantitative estimate of drug-likeness (QED) is 0.124. The van der Waals surface area contributed by atoms with Gasteiger partial charge in [0.05, 0.1) is 18.3 Å². The lowest BCUT2D eigenvalue weighted by atomic mass is 9.93. The fraction of sp³-hybridized carbons (Fsp3) is 0.294. The molecular weight excluding hydrogens is 705 g/mol. The minimum Gasteiger partial charge on any atom is -0.489 e. The maximum Gasteiger partial charge on any atom is 0.119 e. The highest BCUT2D eigenvalue weighted by Crippen LogP contribution is 2.33. The van der Waals surface area contributed by atoms with E-state index in [9.17, 15) is 0 Å². The highest BCUT2D eigenvalue weighted by molar-refractivity contribution is 5.32. The molecule has 0 amide bonds. The predicted octanol–water partition coefficient (Wildman–Crippen LogP) is 10.6. The molecule has 2 atom stereocenters. The molecule has 6 aromatic rings. The zero-order valence-electron chi connectivity index (χ0n) is 33.6. The summed E-state index contributed by atoms with van der Waals surface area (Å²) in [7, 11) is 0. The molecule has 6 heteroatoms. The summed E-state index contributed by atoms with van der Waals surface area (Å²) in [4.78, 5) is 4.96. The third kappa shape index (κ3) is 11.9. The summed E-state index contributed by atoms with van der Waals surface area (Å²) in [5, 5.41) is 0. The lowest BCUT2D eigenvalue weighted by Gasteiger charge is -2.43. The molecule has 2 fully saturated rings. The number of nitrogens with zero attached hydrogens (tertiary/aromatic N) is 2. The molecule has 0 aromatic heterocycles. The maximum absolute atomic E-state index is 6.41. The summed E-state index contributed by atoms with van der Waals surface area (Å²) in [5.41, 5.74) is 6.94. The number of rotatable bonds is 12. The summed E-state index contributed by atoms with van der Waals surface area (Å²) >= 11 is 0. The molecule has 0 N–H and O–H groups in total. The Kier molecular flexibility index (Phi) is 13.5. The summed E-state index contributed by atoms with van der Waals surface area (Å²) in [5.74, 6) is 1.77. The first-order valence-corrected chi connectivity index (χ1v) is 20.2. The Balaban J connectivity index is 0.000000174. The van der Waals surface area contributed by atoms with E-state index in [1.807, 2.05) is 60.7 Å². The summed E-state index contributed by atoms with van der Waals surface area (Å²) in [6.07, 6.45) is 0.0608. The van der Waals surface area contributed by atoms with Gasteiger partial charge in [0.1, 0.15) is 30.3 Å². The second-order valence-electron chi connectivity index (χ2n) is 15.9. The van der Waals surface area contributed by atoms with Crippen molar-refractivity contribution in [2.24, 2.45) is 0 Å². The molecule has 2 aliphatic rings. The van der Waals surface area contributed by atoms with Crippen molar-refractivity contribution in [2.45, 2.75) is 64.4 Å². The topological polar surface area (TPSA) is 43.4 Å². The first-order chi connectivity index (χ1) is 27.8. The Hall–Kier alpha value is -5.24. The number of benzene rings is 6. The Morgan fingerprint density at radius 2 is 0.982 bits per heavy atom. The first kappa shape index (κ1) is 40.0. The largest absolute Gasteiger partial charge is 0.489 e. The maximum atomic E-state index is 6.41. The van der Waals surface area contributed by atoms with Crippen LogP contribution in [0.15, 0.2) is 170 Å². The molecular formula is C51H56N2O4. The number of hydrogen-bond acceptors (Lipinski definition) is 6. The van der Waals surface area contributed by atoms with E-state index < -0.39 is 0 Å². The molecule has 2 aliphatic heterocycles. The van der Waals surface area contributed by atoms with Crippen LogP contribution >= 0.6 is 0 Å². The van der Waals surface area contributed by atoms with Gasteiger partial charge in [-0.05, 0) is 78.4 Å². The highest BCUT2D eigenvalue weighted by Gasteiger charge is 2.35.